The minimum Gasteiger partial charge on any atom is -0.493 e. The zero-order chi connectivity index (χ0) is 13.5. The van der Waals surface area contributed by atoms with Crippen LogP contribution in [0.15, 0.2) is 18.2 Å². The van der Waals surface area contributed by atoms with Crippen LogP contribution in [0, 0.1) is 5.92 Å². The van der Waals surface area contributed by atoms with E-state index in [1.807, 2.05) is 25.2 Å². The normalized spacial score (nSPS) is 12.1. The molecule has 1 N–H and O–H groups in total. The molecule has 0 saturated carbocycles. The molecule has 102 valence electrons. The number of aliphatic hydroxyl groups excluding tert-OH is 1. The lowest BCUT2D eigenvalue weighted by Gasteiger charge is -2.24. The predicted molar refractivity (Wildman–Crippen MR) is 73.7 cm³/mol. The maximum Gasteiger partial charge on any atom is 0.162 e. The third kappa shape index (κ3) is 3.53. The summed E-state index contributed by atoms with van der Waals surface area (Å²) in [4.78, 5) is 2.12. The van der Waals surface area contributed by atoms with Gasteiger partial charge >= 0.3 is 0 Å². The number of methoxy groups -OCH3 is 2. The summed E-state index contributed by atoms with van der Waals surface area (Å²) in [5, 5.41) is 9.23. The second-order valence-electron chi connectivity index (χ2n) is 4.38. The first-order chi connectivity index (χ1) is 8.65. The quantitative estimate of drug-likeness (QED) is 0.808. The number of hydrogen-bond acceptors (Lipinski definition) is 4. The van der Waals surface area contributed by atoms with Gasteiger partial charge in [0, 0.05) is 32.0 Å². The van der Waals surface area contributed by atoms with Crippen molar-refractivity contribution in [3.63, 3.8) is 0 Å². The molecular formula is C14H23NO3. The van der Waals surface area contributed by atoms with Gasteiger partial charge in [0.2, 0.25) is 0 Å². The second kappa shape index (κ2) is 7.11. The molecule has 0 bridgehead atoms. The molecule has 0 aliphatic heterocycles. The van der Waals surface area contributed by atoms with Crippen molar-refractivity contribution >= 4 is 5.69 Å². The van der Waals surface area contributed by atoms with Gasteiger partial charge in [0.15, 0.2) is 11.5 Å². The number of anilines is 1. The summed E-state index contributed by atoms with van der Waals surface area (Å²) in [5.74, 6) is 1.74. The maximum absolute atomic E-state index is 9.23. The predicted octanol–water partition coefficient (Wildman–Crippen LogP) is 2.16. The highest BCUT2D eigenvalue weighted by Gasteiger charge is 2.11. The van der Waals surface area contributed by atoms with Crippen molar-refractivity contribution in [3.8, 4) is 11.5 Å². The molecule has 1 unspecified atom stereocenters. The monoisotopic (exact) mass is 253 g/mol. The van der Waals surface area contributed by atoms with Crippen molar-refractivity contribution in [3.05, 3.63) is 18.2 Å². The highest BCUT2D eigenvalue weighted by Crippen LogP contribution is 2.31. The van der Waals surface area contributed by atoms with Gasteiger partial charge in [0.05, 0.1) is 14.2 Å². The van der Waals surface area contributed by atoms with E-state index in [0.717, 1.165) is 30.2 Å². The van der Waals surface area contributed by atoms with Crippen molar-refractivity contribution in [1.29, 1.82) is 0 Å². The SMILES string of the molecule is CCC(CO)CN(C)c1ccc(OC)c(OC)c1. The van der Waals surface area contributed by atoms with E-state index in [-0.39, 0.29) is 6.61 Å². The smallest absolute Gasteiger partial charge is 0.162 e. The van der Waals surface area contributed by atoms with Gasteiger partial charge in [0.1, 0.15) is 0 Å². The molecule has 1 atom stereocenters. The van der Waals surface area contributed by atoms with Gasteiger partial charge in [-0.05, 0) is 24.5 Å². The van der Waals surface area contributed by atoms with Crippen LogP contribution in [0.5, 0.6) is 11.5 Å². The molecule has 4 heteroatoms. The molecule has 0 spiro atoms. The summed E-state index contributed by atoms with van der Waals surface area (Å²) in [6.07, 6.45) is 0.966. The van der Waals surface area contributed by atoms with Crippen LogP contribution in [0.25, 0.3) is 0 Å². The Bertz CT molecular complexity index is 364. The molecule has 0 aromatic heterocycles. The Morgan fingerprint density at radius 3 is 2.39 bits per heavy atom. The number of ether oxygens (including phenoxy) is 2. The Kier molecular flexibility index (Phi) is 5.78. The topological polar surface area (TPSA) is 41.9 Å². The minimum atomic E-state index is 0.216. The lowest BCUT2D eigenvalue weighted by atomic mass is 10.1. The summed E-state index contributed by atoms with van der Waals surface area (Å²) in [6.45, 7) is 3.12. The lowest BCUT2D eigenvalue weighted by molar-refractivity contribution is 0.225. The lowest BCUT2D eigenvalue weighted by Crippen LogP contribution is -2.27. The van der Waals surface area contributed by atoms with Crippen LogP contribution in [-0.4, -0.2) is 39.5 Å². The summed E-state index contributed by atoms with van der Waals surface area (Å²) in [6, 6.07) is 5.83. The van der Waals surface area contributed by atoms with Crippen LogP contribution in [0.4, 0.5) is 5.69 Å². The molecule has 0 heterocycles. The van der Waals surface area contributed by atoms with Crippen molar-refractivity contribution < 1.29 is 14.6 Å². The van der Waals surface area contributed by atoms with E-state index < -0.39 is 0 Å². The van der Waals surface area contributed by atoms with E-state index in [1.54, 1.807) is 14.2 Å². The van der Waals surface area contributed by atoms with Crippen molar-refractivity contribution in [2.45, 2.75) is 13.3 Å². The van der Waals surface area contributed by atoms with Crippen LogP contribution in [0.2, 0.25) is 0 Å². The Labute approximate surface area is 109 Å². The number of aliphatic hydroxyl groups is 1. The molecule has 4 nitrogen and oxygen atoms in total. The van der Waals surface area contributed by atoms with E-state index in [9.17, 15) is 5.11 Å². The first kappa shape index (κ1) is 14.6. The van der Waals surface area contributed by atoms with Crippen molar-refractivity contribution in [2.24, 2.45) is 5.92 Å². The molecule has 0 radical (unpaired) electrons. The average Bonchev–Trinajstić information content (AvgIpc) is 2.43. The van der Waals surface area contributed by atoms with E-state index >= 15 is 0 Å². The Morgan fingerprint density at radius 1 is 1.22 bits per heavy atom. The van der Waals surface area contributed by atoms with Crippen LogP contribution in [-0.2, 0) is 0 Å². The molecule has 18 heavy (non-hydrogen) atoms. The van der Waals surface area contributed by atoms with E-state index in [1.165, 1.54) is 0 Å². The van der Waals surface area contributed by atoms with Gasteiger partial charge in [-0.1, -0.05) is 6.92 Å². The zero-order valence-corrected chi connectivity index (χ0v) is 11.6. The molecule has 0 amide bonds. The summed E-state index contributed by atoms with van der Waals surface area (Å²) in [5.41, 5.74) is 1.06. The molecule has 1 aromatic rings. The number of nitrogens with zero attached hydrogens (tertiary/aromatic N) is 1. The first-order valence-corrected chi connectivity index (χ1v) is 6.20. The van der Waals surface area contributed by atoms with Gasteiger partial charge in [-0.2, -0.15) is 0 Å². The van der Waals surface area contributed by atoms with Crippen molar-refractivity contribution in [2.75, 3.05) is 39.3 Å². The third-order valence-electron chi connectivity index (χ3n) is 3.18. The fourth-order valence-corrected chi connectivity index (χ4v) is 1.87. The minimum absolute atomic E-state index is 0.216. The molecule has 0 saturated heterocycles. The maximum atomic E-state index is 9.23. The van der Waals surface area contributed by atoms with Crippen LogP contribution < -0.4 is 14.4 Å². The first-order valence-electron chi connectivity index (χ1n) is 6.20. The molecule has 1 aromatic carbocycles. The second-order valence-corrected chi connectivity index (χ2v) is 4.38. The molecular weight excluding hydrogens is 230 g/mol. The van der Waals surface area contributed by atoms with Gasteiger partial charge in [-0.25, -0.2) is 0 Å². The fraction of sp³-hybridized carbons (Fsp3) is 0.571. The zero-order valence-electron chi connectivity index (χ0n) is 11.6. The average molecular weight is 253 g/mol. The Morgan fingerprint density at radius 2 is 1.89 bits per heavy atom. The highest BCUT2D eigenvalue weighted by atomic mass is 16.5. The van der Waals surface area contributed by atoms with E-state index in [2.05, 4.69) is 11.8 Å². The van der Waals surface area contributed by atoms with Gasteiger partial charge in [0.25, 0.3) is 0 Å². The number of benzene rings is 1. The van der Waals surface area contributed by atoms with Crippen molar-refractivity contribution in [1.82, 2.24) is 0 Å². The van der Waals surface area contributed by atoms with Crippen LogP contribution >= 0.6 is 0 Å². The Balaban J connectivity index is 2.82. The number of hydrogen-bond donors (Lipinski definition) is 1. The van der Waals surface area contributed by atoms with Gasteiger partial charge < -0.3 is 19.5 Å². The fourth-order valence-electron chi connectivity index (χ4n) is 1.87. The number of rotatable bonds is 7. The molecule has 0 aliphatic rings. The van der Waals surface area contributed by atoms with Gasteiger partial charge in [-0.15, -0.1) is 0 Å². The van der Waals surface area contributed by atoms with Crippen LogP contribution in [0.3, 0.4) is 0 Å². The standard InChI is InChI=1S/C14H23NO3/c1-5-11(10-16)9-15(2)12-6-7-13(17-3)14(8-12)18-4/h6-8,11,16H,5,9-10H2,1-4H3. The summed E-state index contributed by atoms with van der Waals surface area (Å²) < 4.78 is 10.5. The largest absolute Gasteiger partial charge is 0.493 e. The Hall–Kier alpha value is -1.42. The summed E-state index contributed by atoms with van der Waals surface area (Å²) in [7, 11) is 5.27. The van der Waals surface area contributed by atoms with Crippen LogP contribution in [0.1, 0.15) is 13.3 Å². The highest BCUT2D eigenvalue weighted by molar-refractivity contribution is 5.56. The molecule has 0 fully saturated rings. The molecule has 1 rings (SSSR count). The third-order valence-corrected chi connectivity index (χ3v) is 3.18. The molecule has 0 aliphatic carbocycles. The van der Waals surface area contributed by atoms with E-state index in [0.29, 0.717) is 5.92 Å². The van der Waals surface area contributed by atoms with Gasteiger partial charge in [-0.3, -0.25) is 0 Å². The van der Waals surface area contributed by atoms with E-state index in [4.69, 9.17) is 9.47 Å². The summed E-state index contributed by atoms with van der Waals surface area (Å²) >= 11 is 0.